The summed E-state index contributed by atoms with van der Waals surface area (Å²) in [6, 6.07) is 14.8. The van der Waals surface area contributed by atoms with Crippen molar-refractivity contribution in [1.82, 2.24) is 0 Å². The number of rotatable bonds is 5. The van der Waals surface area contributed by atoms with E-state index in [0.717, 1.165) is 10.4 Å². The molecule has 0 radical (unpaired) electrons. The number of hydrogen-bond donors (Lipinski definition) is 1. The standard InChI is InChI=1S/C24H20ClNO4S/c1-3-30-18-6-4-5-15(13-18)21(27)19-20(23-14(2)11-12-31-23)26(24(29)22(19)28)17-9-7-16(25)8-10-17/h4-13,20,27H,3H2,1-2H3/b21-19-. The van der Waals surface area contributed by atoms with Crippen molar-refractivity contribution < 1.29 is 19.4 Å². The summed E-state index contributed by atoms with van der Waals surface area (Å²) in [5.74, 6) is -1.08. The molecule has 1 atom stereocenters. The van der Waals surface area contributed by atoms with Gasteiger partial charge in [0, 0.05) is 21.2 Å². The Hall–Kier alpha value is -3.09. The fourth-order valence-electron chi connectivity index (χ4n) is 3.67. The van der Waals surface area contributed by atoms with Crippen LogP contribution in [0.15, 0.2) is 65.6 Å². The second-order valence-corrected chi connectivity index (χ2v) is 8.46. The van der Waals surface area contributed by atoms with Gasteiger partial charge < -0.3 is 9.84 Å². The molecule has 1 unspecified atom stereocenters. The smallest absolute Gasteiger partial charge is 0.300 e. The molecule has 1 saturated heterocycles. The van der Waals surface area contributed by atoms with Gasteiger partial charge in [-0.1, -0.05) is 23.7 Å². The maximum absolute atomic E-state index is 13.1. The summed E-state index contributed by atoms with van der Waals surface area (Å²) >= 11 is 7.45. The molecular weight excluding hydrogens is 434 g/mol. The zero-order valence-corrected chi connectivity index (χ0v) is 18.5. The third-order valence-corrected chi connectivity index (χ3v) is 6.44. The van der Waals surface area contributed by atoms with E-state index in [4.69, 9.17) is 16.3 Å². The molecule has 1 amide bonds. The highest BCUT2D eigenvalue weighted by Crippen LogP contribution is 2.45. The Morgan fingerprint density at radius 1 is 1.16 bits per heavy atom. The SMILES string of the molecule is CCOc1cccc(/C(O)=C2/C(=O)C(=O)N(c3ccc(Cl)cc3)C2c2sccc2C)c1. The second-order valence-electron chi connectivity index (χ2n) is 7.07. The summed E-state index contributed by atoms with van der Waals surface area (Å²) in [6.45, 7) is 4.26. The third kappa shape index (κ3) is 3.84. The fraction of sp³-hybridized carbons (Fsp3) is 0.167. The van der Waals surface area contributed by atoms with Crippen LogP contribution in [-0.2, 0) is 9.59 Å². The summed E-state index contributed by atoms with van der Waals surface area (Å²) in [7, 11) is 0. The molecule has 0 spiro atoms. The molecule has 1 aromatic heterocycles. The lowest BCUT2D eigenvalue weighted by molar-refractivity contribution is -0.132. The van der Waals surface area contributed by atoms with Gasteiger partial charge in [-0.15, -0.1) is 11.3 Å². The number of ketones is 1. The van der Waals surface area contributed by atoms with E-state index in [9.17, 15) is 14.7 Å². The number of benzene rings is 2. The van der Waals surface area contributed by atoms with Crippen molar-refractivity contribution in [2.24, 2.45) is 0 Å². The van der Waals surface area contributed by atoms with E-state index >= 15 is 0 Å². The highest BCUT2D eigenvalue weighted by molar-refractivity contribution is 7.10. The minimum Gasteiger partial charge on any atom is -0.507 e. The molecule has 0 bridgehead atoms. The Kier molecular flexibility index (Phi) is 5.85. The number of anilines is 1. The summed E-state index contributed by atoms with van der Waals surface area (Å²) in [5.41, 5.74) is 1.94. The van der Waals surface area contributed by atoms with Crippen LogP contribution in [0.2, 0.25) is 5.02 Å². The second kappa shape index (κ2) is 8.57. The largest absolute Gasteiger partial charge is 0.507 e. The van der Waals surface area contributed by atoms with E-state index in [-0.39, 0.29) is 11.3 Å². The van der Waals surface area contributed by atoms with Gasteiger partial charge in [-0.25, -0.2) is 0 Å². The molecule has 0 saturated carbocycles. The first-order valence-corrected chi connectivity index (χ1v) is 11.0. The lowest BCUT2D eigenvalue weighted by Gasteiger charge is -2.25. The molecule has 3 aromatic rings. The van der Waals surface area contributed by atoms with E-state index in [2.05, 4.69) is 0 Å². The molecule has 2 heterocycles. The van der Waals surface area contributed by atoms with Crippen molar-refractivity contribution in [2.75, 3.05) is 11.5 Å². The molecule has 1 N–H and O–H groups in total. The molecule has 0 aliphatic carbocycles. The van der Waals surface area contributed by atoms with Crippen LogP contribution in [0.1, 0.15) is 29.0 Å². The summed E-state index contributed by atoms with van der Waals surface area (Å²) in [5, 5.41) is 13.6. The van der Waals surface area contributed by atoms with Gasteiger partial charge in [0.05, 0.1) is 12.2 Å². The number of aliphatic hydroxyl groups is 1. The number of halogens is 1. The summed E-state index contributed by atoms with van der Waals surface area (Å²) in [4.78, 5) is 28.5. The molecule has 4 rings (SSSR count). The number of nitrogens with zero attached hydrogens (tertiary/aromatic N) is 1. The van der Waals surface area contributed by atoms with Crippen molar-refractivity contribution in [3.05, 3.63) is 86.6 Å². The number of amides is 1. The van der Waals surface area contributed by atoms with E-state index in [1.165, 1.54) is 16.2 Å². The molecule has 158 valence electrons. The Morgan fingerprint density at radius 3 is 2.55 bits per heavy atom. The summed E-state index contributed by atoms with van der Waals surface area (Å²) < 4.78 is 5.52. The Morgan fingerprint density at radius 2 is 1.90 bits per heavy atom. The monoisotopic (exact) mass is 453 g/mol. The number of carbonyl (C=O) groups is 2. The normalized spacial score (nSPS) is 17.9. The average Bonchev–Trinajstić information content (AvgIpc) is 3.29. The van der Waals surface area contributed by atoms with Crippen molar-refractivity contribution in [1.29, 1.82) is 0 Å². The first-order valence-electron chi connectivity index (χ1n) is 9.76. The quantitative estimate of drug-likeness (QED) is 0.304. The van der Waals surface area contributed by atoms with E-state index < -0.39 is 17.7 Å². The number of Topliss-reactive ketones (excluding diaryl/α,β-unsaturated/α-hetero) is 1. The van der Waals surface area contributed by atoms with Gasteiger partial charge in [-0.2, -0.15) is 0 Å². The van der Waals surface area contributed by atoms with Crippen LogP contribution in [0.3, 0.4) is 0 Å². The van der Waals surface area contributed by atoms with Gasteiger partial charge >= 0.3 is 0 Å². The van der Waals surface area contributed by atoms with Crippen LogP contribution < -0.4 is 9.64 Å². The number of carbonyl (C=O) groups excluding carboxylic acids is 2. The molecule has 1 aliphatic rings. The van der Waals surface area contributed by atoms with Gasteiger partial charge in [-0.05, 0) is 67.3 Å². The zero-order valence-electron chi connectivity index (χ0n) is 17.0. The van der Waals surface area contributed by atoms with E-state index in [1.807, 2.05) is 25.3 Å². The van der Waals surface area contributed by atoms with Crippen LogP contribution in [-0.4, -0.2) is 23.4 Å². The lowest BCUT2D eigenvalue weighted by atomic mass is 9.98. The van der Waals surface area contributed by atoms with Gasteiger partial charge in [0.15, 0.2) is 0 Å². The lowest BCUT2D eigenvalue weighted by Crippen LogP contribution is -2.29. The maximum atomic E-state index is 13.1. The third-order valence-electron chi connectivity index (χ3n) is 5.12. The first-order chi connectivity index (χ1) is 14.9. The van der Waals surface area contributed by atoms with Crippen molar-refractivity contribution in [3.8, 4) is 5.75 Å². The predicted molar refractivity (Wildman–Crippen MR) is 123 cm³/mol. The van der Waals surface area contributed by atoms with Gasteiger partial charge in [0.25, 0.3) is 11.7 Å². The number of thiophene rings is 1. The first kappa shape index (κ1) is 21.2. The van der Waals surface area contributed by atoms with Crippen LogP contribution in [0, 0.1) is 6.92 Å². The van der Waals surface area contributed by atoms with E-state index in [0.29, 0.717) is 28.6 Å². The van der Waals surface area contributed by atoms with Gasteiger partial charge in [0.2, 0.25) is 0 Å². The summed E-state index contributed by atoms with van der Waals surface area (Å²) in [6.07, 6.45) is 0. The Labute approximate surface area is 189 Å². The van der Waals surface area contributed by atoms with Crippen molar-refractivity contribution in [2.45, 2.75) is 19.9 Å². The molecule has 1 aliphatic heterocycles. The van der Waals surface area contributed by atoms with Crippen molar-refractivity contribution >= 4 is 46.1 Å². The number of aryl methyl sites for hydroxylation is 1. The van der Waals surface area contributed by atoms with Crippen LogP contribution in [0.4, 0.5) is 5.69 Å². The molecule has 7 heteroatoms. The van der Waals surface area contributed by atoms with Crippen LogP contribution in [0.25, 0.3) is 5.76 Å². The number of hydrogen-bond acceptors (Lipinski definition) is 5. The number of aliphatic hydroxyl groups excluding tert-OH is 1. The van der Waals surface area contributed by atoms with Crippen molar-refractivity contribution in [3.63, 3.8) is 0 Å². The Bertz CT molecular complexity index is 1180. The van der Waals surface area contributed by atoms with Gasteiger partial charge in [-0.3, -0.25) is 14.5 Å². The van der Waals surface area contributed by atoms with Crippen LogP contribution >= 0.6 is 22.9 Å². The zero-order chi connectivity index (χ0) is 22.1. The predicted octanol–water partition coefficient (Wildman–Crippen LogP) is 5.73. The fourth-order valence-corrected chi connectivity index (χ4v) is 4.82. The average molecular weight is 454 g/mol. The minimum atomic E-state index is -0.739. The molecular formula is C24H20ClNO4S. The highest BCUT2D eigenvalue weighted by atomic mass is 35.5. The molecule has 5 nitrogen and oxygen atoms in total. The minimum absolute atomic E-state index is 0.0548. The van der Waals surface area contributed by atoms with Gasteiger partial charge in [0.1, 0.15) is 17.6 Å². The molecule has 2 aromatic carbocycles. The molecule has 1 fully saturated rings. The maximum Gasteiger partial charge on any atom is 0.300 e. The van der Waals surface area contributed by atoms with E-state index in [1.54, 1.807) is 48.5 Å². The number of ether oxygens (including phenoxy) is 1. The highest BCUT2D eigenvalue weighted by Gasteiger charge is 2.47. The van der Waals surface area contributed by atoms with Crippen LogP contribution in [0.5, 0.6) is 5.75 Å². The molecule has 31 heavy (non-hydrogen) atoms. The topological polar surface area (TPSA) is 66.8 Å². The Balaban J connectivity index is 1.91.